The number of non-ortho nitro benzene ring substituents is 1. The van der Waals surface area contributed by atoms with Crippen LogP contribution < -0.4 is 5.49 Å². The Morgan fingerprint density at radius 3 is 2.85 bits per heavy atom. The number of hydrogen-bond donors (Lipinski definition) is 0. The van der Waals surface area contributed by atoms with Crippen molar-refractivity contribution in [1.29, 1.82) is 0 Å². The molecule has 0 N–H and O–H groups in total. The lowest BCUT2D eigenvalue weighted by Gasteiger charge is -1.98. The highest BCUT2D eigenvalue weighted by Gasteiger charge is 2.20. The maximum absolute atomic E-state index is 10.9. The Morgan fingerprint density at radius 2 is 2.04 bits per heavy atom. The van der Waals surface area contributed by atoms with Crippen LogP contribution in [0.25, 0.3) is 15.7 Å². The maximum atomic E-state index is 10.9. The predicted molar refractivity (Wildman–Crippen MR) is 101 cm³/mol. The van der Waals surface area contributed by atoms with Gasteiger partial charge in [0.15, 0.2) is 0 Å². The first-order chi connectivity index (χ1) is 12.7. The highest BCUT2D eigenvalue weighted by atomic mass is 32.1. The molecule has 0 spiro atoms. The van der Waals surface area contributed by atoms with Crippen molar-refractivity contribution >= 4 is 38.4 Å². The van der Waals surface area contributed by atoms with Crippen LogP contribution in [-0.4, -0.2) is 14.3 Å². The number of fused-ring (bicyclic) bond motifs is 4. The van der Waals surface area contributed by atoms with Crippen LogP contribution in [0.4, 0.5) is 11.4 Å². The van der Waals surface area contributed by atoms with Gasteiger partial charge in [0.05, 0.1) is 27.7 Å². The van der Waals surface area contributed by atoms with E-state index in [2.05, 4.69) is 0 Å². The summed E-state index contributed by atoms with van der Waals surface area (Å²) < 4.78 is 2.04. The average Bonchev–Trinajstić information content (AvgIpc) is 3.33. The van der Waals surface area contributed by atoms with Gasteiger partial charge in [-0.25, -0.2) is 9.98 Å². The van der Waals surface area contributed by atoms with Gasteiger partial charge in [-0.15, -0.1) is 11.3 Å². The monoisotopic (exact) mass is 362 g/mol. The summed E-state index contributed by atoms with van der Waals surface area (Å²) in [6.45, 7) is 0. The number of hydrogen-bond acceptors (Lipinski definition) is 5. The molecule has 6 nitrogen and oxygen atoms in total. The molecular weight excluding hydrogens is 348 g/mol. The molecule has 1 aromatic carbocycles. The largest absolute Gasteiger partial charge is 0.300 e. The van der Waals surface area contributed by atoms with E-state index in [0.29, 0.717) is 5.69 Å². The Kier molecular flexibility index (Phi) is 3.36. The van der Waals surface area contributed by atoms with E-state index < -0.39 is 4.92 Å². The Balaban J connectivity index is 1.86. The summed E-state index contributed by atoms with van der Waals surface area (Å²) >= 11 is 1.75. The van der Waals surface area contributed by atoms with E-state index in [-0.39, 0.29) is 5.69 Å². The molecule has 0 saturated heterocycles. The van der Waals surface area contributed by atoms with E-state index in [9.17, 15) is 10.1 Å². The third-order valence-electron chi connectivity index (χ3n) is 4.74. The van der Waals surface area contributed by atoms with Gasteiger partial charge in [-0.2, -0.15) is 0 Å². The second kappa shape index (κ2) is 5.74. The van der Waals surface area contributed by atoms with Crippen molar-refractivity contribution in [2.24, 2.45) is 4.99 Å². The maximum Gasteiger partial charge on any atom is 0.269 e. The van der Waals surface area contributed by atoms with Gasteiger partial charge in [-0.1, -0.05) is 0 Å². The van der Waals surface area contributed by atoms with Crippen molar-refractivity contribution < 1.29 is 4.92 Å². The molecule has 0 unspecified atom stereocenters. The zero-order valence-electron chi connectivity index (χ0n) is 13.8. The number of nitro benzene ring substituents is 1. The third kappa shape index (κ3) is 2.32. The first-order valence-corrected chi connectivity index (χ1v) is 9.22. The van der Waals surface area contributed by atoms with Gasteiger partial charge in [0.2, 0.25) is 0 Å². The molecule has 26 heavy (non-hydrogen) atoms. The molecule has 3 aromatic heterocycles. The van der Waals surface area contributed by atoms with Gasteiger partial charge in [0.25, 0.3) is 5.69 Å². The molecule has 5 rings (SSSR count). The van der Waals surface area contributed by atoms with Crippen molar-refractivity contribution in [3.63, 3.8) is 0 Å². The van der Waals surface area contributed by atoms with Crippen LogP contribution in [0.5, 0.6) is 0 Å². The number of aromatic nitrogens is 2. The minimum absolute atomic E-state index is 0.0666. The number of nitrogens with zero attached hydrogens (tertiary/aromatic N) is 4. The molecule has 0 aliphatic heterocycles. The molecule has 0 radical (unpaired) electrons. The number of benzene rings is 1. The molecule has 128 valence electrons. The molecule has 4 aromatic rings. The minimum atomic E-state index is -0.398. The topological polar surface area (TPSA) is 72.8 Å². The zero-order chi connectivity index (χ0) is 17.7. The summed E-state index contributed by atoms with van der Waals surface area (Å²) in [4.78, 5) is 22.4. The first kappa shape index (κ1) is 15.2. The van der Waals surface area contributed by atoms with E-state index in [1.165, 1.54) is 29.0 Å². The van der Waals surface area contributed by atoms with Gasteiger partial charge in [0.1, 0.15) is 10.3 Å². The van der Waals surface area contributed by atoms with E-state index in [0.717, 1.165) is 34.1 Å². The van der Waals surface area contributed by atoms with E-state index in [1.54, 1.807) is 23.5 Å². The molecule has 0 fully saturated rings. The van der Waals surface area contributed by atoms with Gasteiger partial charge >= 0.3 is 0 Å². The predicted octanol–water partition coefficient (Wildman–Crippen LogP) is 4.18. The molecule has 0 bridgehead atoms. The summed E-state index contributed by atoms with van der Waals surface area (Å²) in [5.74, 6) is 0. The molecule has 3 heterocycles. The smallest absolute Gasteiger partial charge is 0.269 e. The van der Waals surface area contributed by atoms with Gasteiger partial charge < -0.3 is 0 Å². The quantitative estimate of drug-likeness (QED) is 0.397. The van der Waals surface area contributed by atoms with Crippen LogP contribution >= 0.6 is 11.3 Å². The number of rotatable bonds is 2. The number of nitro groups is 1. The summed E-state index contributed by atoms with van der Waals surface area (Å²) in [5.41, 5.74) is 3.92. The van der Waals surface area contributed by atoms with Gasteiger partial charge in [-0.3, -0.25) is 14.5 Å². The fraction of sp³-hybridized carbons (Fsp3) is 0.158. The molecular formula is C19H14N4O2S. The molecule has 0 saturated carbocycles. The van der Waals surface area contributed by atoms with Gasteiger partial charge in [-0.05, 0) is 49.1 Å². The van der Waals surface area contributed by atoms with E-state index >= 15 is 0 Å². The summed E-state index contributed by atoms with van der Waals surface area (Å²) in [6.07, 6.45) is 7.18. The van der Waals surface area contributed by atoms with Crippen LogP contribution in [0.15, 0.2) is 53.8 Å². The Hall–Kier alpha value is -3.06. The molecule has 7 heteroatoms. The Morgan fingerprint density at radius 1 is 1.19 bits per heavy atom. The van der Waals surface area contributed by atoms with Crippen LogP contribution in [0.1, 0.15) is 16.9 Å². The third-order valence-corrected chi connectivity index (χ3v) is 5.94. The molecule has 0 amide bonds. The second-order valence-corrected chi connectivity index (χ2v) is 7.39. The standard InChI is InChI=1S/C19H14N4O2S/c24-23(25)13-8-6-12(7-9-13)21-18-17-15-4-1-5-16(15)26-19(17)20-11-14-3-2-10-22(14)18/h2-3,6-11H,1,4-5H2. The number of thiophene rings is 1. The SMILES string of the molecule is O=[N+]([O-])c1ccc(N=c2c3c4c(sc3ncc3cccn23)CCC4)cc1. The number of aryl methyl sites for hydroxylation is 2. The van der Waals surface area contributed by atoms with Crippen molar-refractivity contribution in [2.45, 2.75) is 19.3 Å². The average molecular weight is 362 g/mol. The van der Waals surface area contributed by atoms with Crippen molar-refractivity contribution in [3.8, 4) is 0 Å². The summed E-state index contributed by atoms with van der Waals surface area (Å²) in [6, 6.07) is 10.3. The molecule has 1 aliphatic rings. The van der Waals surface area contributed by atoms with Crippen molar-refractivity contribution in [2.75, 3.05) is 0 Å². The highest BCUT2D eigenvalue weighted by Crippen LogP contribution is 2.34. The zero-order valence-corrected chi connectivity index (χ0v) is 14.6. The van der Waals surface area contributed by atoms with E-state index in [4.69, 9.17) is 9.98 Å². The van der Waals surface area contributed by atoms with E-state index in [1.807, 2.05) is 28.9 Å². The van der Waals surface area contributed by atoms with Crippen LogP contribution in [0, 0.1) is 10.1 Å². The normalized spacial score (nSPS) is 14.2. The minimum Gasteiger partial charge on any atom is -0.300 e. The highest BCUT2D eigenvalue weighted by molar-refractivity contribution is 7.18. The van der Waals surface area contributed by atoms with Crippen LogP contribution in [0.2, 0.25) is 0 Å². The molecule has 1 aliphatic carbocycles. The van der Waals surface area contributed by atoms with Gasteiger partial charge in [0, 0.05) is 23.2 Å². The Bertz CT molecular complexity index is 1240. The first-order valence-electron chi connectivity index (χ1n) is 8.40. The molecule has 0 atom stereocenters. The van der Waals surface area contributed by atoms with Crippen LogP contribution in [-0.2, 0) is 12.8 Å². The van der Waals surface area contributed by atoms with Crippen molar-refractivity contribution in [1.82, 2.24) is 9.38 Å². The van der Waals surface area contributed by atoms with Crippen LogP contribution in [0.3, 0.4) is 0 Å². The van der Waals surface area contributed by atoms with Crippen molar-refractivity contribution in [3.05, 3.63) is 74.8 Å². The summed E-state index contributed by atoms with van der Waals surface area (Å²) in [7, 11) is 0. The fourth-order valence-electron chi connectivity index (χ4n) is 3.53. The lowest BCUT2D eigenvalue weighted by Crippen LogP contribution is -2.11. The lowest BCUT2D eigenvalue weighted by atomic mass is 10.2. The second-order valence-electron chi connectivity index (χ2n) is 6.31. The fourth-order valence-corrected chi connectivity index (χ4v) is 4.76. The summed E-state index contributed by atoms with van der Waals surface area (Å²) in [5, 5.41) is 12.0. The Labute approximate surface area is 152 Å². The lowest BCUT2D eigenvalue weighted by molar-refractivity contribution is -0.384.